The van der Waals surface area contributed by atoms with Crippen LogP contribution in [0.4, 0.5) is 11.4 Å². The zero-order valence-corrected chi connectivity index (χ0v) is 17.1. The Hall–Kier alpha value is -3.48. The van der Waals surface area contributed by atoms with Gasteiger partial charge in [-0.15, -0.1) is 0 Å². The zero-order valence-electron chi connectivity index (χ0n) is 17.1. The van der Waals surface area contributed by atoms with E-state index in [2.05, 4.69) is 0 Å². The lowest BCUT2D eigenvalue weighted by Crippen LogP contribution is -2.08. The van der Waals surface area contributed by atoms with Crippen LogP contribution in [-0.4, -0.2) is 32.3 Å². The van der Waals surface area contributed by atoms with Crippen molar-refractivity contribution in [1.29, 1.82) is 0 Å². The van der Waals surface area contributed by atoms with Crippen molar-refractivity contribution < 1.29 is 23.8 Å². The summed E-state index contributed by atoms with van der Waals surface area (Å²) in [6.45, 7) is 0.673. The topological polar surface area (TPSA) is 114 Å². The molecule has 4 N–H and O–H groups in total. The van der Waals surface area contributed by atoms with Crippen LogP contribution in [0.1, 0.15) is 41.6 Å². The molecule has 0 atom stereocenters. The highest BCUT2D eigenvalue weighted by Gasteiger charge is 2.08. The fourth-order valence-corrected chi connectivity index (χ4v) is 2.70. The van der Waals surface area contributed by atoms with Crippen molar-refractivity contribution in [3.63, 3.8) is 0 Å². The van der Waals surface area contributed by atoms with E-state index in [0.29, 0.717) is 30.2 Å². The number of anilines is 2. The lowest BCUT2D eigenvalue weighted by atomic mass is 10.2. The van der Waals surface area contributed by atoms with Gasteiger partial charge in [0, 0.05) is 17.5 Å². The highest BCUT2D eigenvalue weighted by Crippen LogP contribution is 2.15. The van der Waals surface area contributed by atoms with Gasteiger partial charge >= 0.3 is 11.9 Å². The van der Waals surface area contributed by atoms with Gasteiger partial charge in [0.25, 0.3) is 0 Å². The first kappa shape index (κ1) is 22.8. The van der Waals surface area contributed by atoms with Crippen LogP contribution in [0, 0.1) is 0 Å². The SMILES string of the molecule is COc1ccc(/C=C/C(=O)OCCCCCCOC(=O)c2cc(N)cc(N)c2)cc1. The van der Waals surface area contributed by atoms with Gasteiger partial charge in [-0.2, -0.15) is 0 Å². The Balaban J connectivity index is 1.53. The number of benzene rings is 2. The predicted octanol–water partition coefficient (Wildman–Crippen LogP) is 3.83. The van der Waals surface area contributed by atoms with Crippen LogP contribution in [0.2, 0.25) is 0 Å². The van der Waals surface area contributed by atoms with E-state index in [1.165, 1.54) is 18.2 Å². The van der Waals surface area contributed by atoms with Gasteiger partial charge in [0.1, 0.15) is 5.75 Å². The van der Waals surface area contributed by atoms with E-state index in [1.54, 1.807) is 19.3 Å². The summed E-state index contributed by atoms with van der Waals surface area (Å²) in [5.74, 6) is -0.0494. The fourth-order valence-electron chi connectivity index (χ4n) is 2.70. The lowest BCUT2D eigenvalue weighted by Gasteiger charge is -2.07. The van der Waals surface area contributed by atoms with Gasteiger partial charge in [0.05, 0.1) is 25.9 Å². The van der Waals surface area contributed by atoms with Crippen LogP contribution in [0.25, 0.3) is 6.08 Å². The molecule has 0 aliphatic carbocycles. The Morgan fingerprint density at radius 3 is 2.07 bits per heavy atom. The Morgan fingerprint density at radius 1 is 0.867 bits per heavy atom. The molecule has 0 heterocycles. The summed E-state index contributed by atoms with van der Waals surface area (Å²) in [5.41, 5.74) is 13.4. The van der Waals surface area contributed by atoms with Crippen molar-refractivity contribution in [2.24, 2.45) is 0 Å². The van der Waals surface area contributed by atoms with Gasteiger partial charge in [-0.3, -0.25) is 0 Å². The van der Waals surface area contributed by atoms with Gasteiger partial charge in [-0.25, -0.2) is 9.59 Å². The number of rotatable bonds is 11. The third-order valence-electron chi connectivity index (χ3n) is 4.26. The molecule has 2 rings (SSSR count). The molecule has 0 unspecified atom stereocenters. The molecule has 30 heavy (non-hydrogen) atoms. The van der Waals surface area contributed by atoms with Crippen LogP contribution in [0.15, 0.2) is 48.5 Å². The minimum absolute atomic E-state index is 0.317. The number of ether oxygens (including phenoxy) is 3. The average molecular weight is 412 g/mol. The zero-order chi connectivity index (χ0) is 21.8. The van der Waals surface area contributed by atoms with E-state index < -0.39 is 5.97 Å². The smallest absolute Gasteiger partial charge is 0.338 e. The van der Waals surface area contributed by atoms with Gasteiger partial charge in [0.15, 0.2) is 0 Å². The molecule has 7 nitrogen and oxygen atoms in total. The maximum Gasteiger partial charge on any atom is 0.338 e. The second-order valence-electron chi connectivity index (χ2n) is 6.71. The monoisotopic (exact) mass is 412 g/mol. The molecule has 2 aromatic carbocycles. The molecule has 2 aromatic rings. The predicted molar refractivity (Wildman–Crippen MR) is 117 cm³/mol. The maximum absolute atomic E-state index is 12.0. The number of nitrogens with two attached hydrogens (primary N) is 2. The van der Waals surface area contributed by atoms with Crippen LogP contribution < -0.4 is 16.2 Å². The molecule has 0 aromatic heterocycles. The largest absolute Gasteiger partial charge is 0.497 e. The van der Waals surface area contributed by atoms with Crippen molar-refractivity contribution in [3.05, 3.63) is 59.7 Å². The summed E-state index contributed by atoms with van der Waals surface area (Å²) >= 11 is 0. The van der Waals surface area contributed by atoms with Gasteiger partial charge in [-0.1, -0.05) is 12.1 Å². The Bertz CT molecular complexity index is 842. The van der Waals surface area contributed by atoms with E-state index in [9.17, 15) is 9.59 Å². The number of nitrogen functional groups attached to an aromatic ring is 2. The lowest BCUT2D eigenvalue weighted by molar-refractivity contribution is -0.137. The highest BCUT2D eigenvalue weighted by molar-refractivity contribution is 5.91. The molecule has 0 aliphatic rings. The standard InChI is InChI=1S/C23H28N2O5/c1-28-21-9-6-17(7-10-21)8-11-22(26)29-12-4-2-3-5-13-30-23(27)18-14-19(24)16-20(25)15-18/h6-11,14-16H,2-5,12-13,24-25H2,1H3/b11-8+. The van der Waals surface area contributed by atoms with Crippen molar-refractivity contribution in [3.8, 4) is 5.75 Å². The number of hydrogen-bond donors (Lipinski definition) is 2. The molecule has 0 saturated heterocycles. The van der Waals surface area contributed by atoms with Crippen LogP contribution in [0.5, 0.6) is 5.75 Å². The van der Waals surface area contributed by atoms with Crippen molar-refractivity contribution in [2.45, 2.75) is 25.7 Å². The summed E-state index contributed by atoms with van der Waals surface area (Å²) in [7, 11) is 1.60. The molecule has 0 saturated carbocycles. The second-order valence-corrected chi connectivity index (χ2v) is 6.71. The fraction of sp³-hybridized carbons (Fsp3) is 0.304. The van der Waals surface area contributed by atoms with Crippen LogP contribution >= 0.6 is 0 Å². The minimum Gasteiger partial charge on any atom is -0.497 e. The van der Waals surface area contributed by atoms with E-state index in [4.69, 9.17) is 25.7 Å². The number of unbranched alkanes of at least 4 members (excludes halogenated alkanes) is 3. The third kappa shape index (κ3) is 8.26. The molecule has 7 heteroatoms. The molecular weight excluding hydrogens is 384 g/mol. The Morgan fingerprint density at radius 2 is 1.47 bits per heavy atom. The third-order valence-corrected chi connectivity index (χ3v) is 4.26. The van der Waals surface area contributed by atoms with Crippen molar-refractivity contribution >= 4 is 29.4 Å². The number of hydrogen-bond acceptors (Lipinski definition) is 7. The molecule has 0 fully saturated rings. The summed E-state index contributed by atoms with van der Waals surface area (Å²) < 4.78 is 15.5. The Labute approximate surface area is 176 Å². The first-order chi connectivity index (χ1) is 14.5. The molecule has 0 bridgehead atoms. The number of esters is 2. The summed E-state index contributed by atoms with van der Waals surface area (Å²) in [5, 5.41) is 0. The molecule has 0 aliphatic heterocycles. The average Bonchev–Trinajstić information content (AvgIpc) is 2.73. The van der Waals surface area contributed by atoms with Gasteiger partial charge < -0.3 is 25.7 Å². The quantitative estimate of drug-likeness (QED) is 0.249. The van der Waals surface area contributed by atoms with Crippen LogP contribution in [0.3, 0.4) is 0 Å². The van der Waals surface area contributed by atoms with E-state index in [1.807, 2.05) is 24.3 Å². The first-order valence-corrected chi connectivity index (χ1v) is 9.80. The van der Waals surface area contributed by atoms with E-state index in [0.717, 1.165) is 37.0 Å². The normalized spacial score (nSPS) is 10.7. The summed E-state index contributed by atoms with van der Waals surface area (Å²) in [4.78, 5) is 23.7. The summed E-state index contributed by atoms with van der Waals surface area (Å²) in [6.07, 6.45) is 6.33. The molecule has 0 amide bonds. The van der Waals surface area contributed by atoms with E-state index >= 15 is 0 Å². The van der Waals surface area contributed by atoms with Crippen LogP contribution in [-0.2, 0) is 14.3 Å². The molecule has 0 spiro atoms. The second kappa shape index (κ2) is 12.2. The molecule has 160 valence electrons. The van der Waals surface area contributed by atoms with E-state index in [-0.39, 0.29) is 5.97 Å². The summed E-state index contributed by atoms with van der Waals surface area (Å²) in [6, 6.07) is 12.0. The highest BCUT2D eigenvalue weighted by atomic mass is 16.5. The van der Waals surface area contributed by atoms with Crippen molar-refractivity contribution in [1.82, 2.24) is 0 Å². The minimum atomic E-state index is -0.438. The van der Waals surface area contributed by atoms with Gasteiger partial charge in [-0.05, 0) is 67.7 Å². The number of carbonyl (C=O) groups excluding carboxylic acids is 2. The number of carbonyl (C=O) groups is 2. The molecule has 0 radical (unpaired) electrons. The molecular formula is C23H28N2O5. The number of methoxy groups -OCH3 is 1. The van der Waals surface area contributed by atoms with Crippen molar-refractivity contribution in [2.75, 3.05) is 31.8 Å². The maximum atomic E-state index is 12.0. The van der Waals surface area contributed by atoms with Gasteiger partial charge in [0.2, 0.25) is 0 Å². The first-order valence-electron chi connectivity index (χ1n) is 9.80. The Kier molecular flexibility index (Phi) is 9.24.